The number of benzene rings is 1. The highest BCUT2D eigenvalue weighted by atomic mass is 35.5. The van der Waals surface area contributed by atoms with Crippen LogP contribution in [0.5, 0.6) is 17.6 Å². The number of pyridine rings is 2. The van der Waals surface area contributed by atoms with Crippen LogP contribution in [0, 0.1) is 0 Å². The fourth-order valence-electron chi connectivity index (χ4n) is 6.09. The lowest BCUT2D eigenvalue weighted by molar-refractivity contribution is -0.120. The Bertz CT molecular complexity index is 1730. The Hall–Kier alpha value is -4.16. The SMILES string of the molecule is CCC(Cl)/C(=C\C=C/COc1ccc(CNC[C@@H]2CCC(=O)N2)c(OC)n1)c1cccc(-c2ccc(CNC[C@@H]3CCC(=O)N3)c(OC)n2)c1Cl. The van der Waals surface area contributed by atoms with Gasteiger partial charge in [-0.1, -0.05) is 54.9 Å². The number of hydrogen-bond acceptors (Lipinski definition) is 9. The maximum Gasteiger partial charge on any atom is 0.220 e. The van der Waals surface area contributed by atoms with Crippen LogP contribution in [0.15, 0.2) is 60.7 Å². The molecule has 3 atom stereocenters. The van der Waals surface area contributed by atoms with Crippen molar-refractivity contribution in [2.24, 2.45) is 0 Å². The molecule has 2 fully saturated rings. The quantitative estimate of drug-likeness (QED) is 0.0975. The number of carbonyl (C=O) groups is 2. The zero-order chi connectivity index (χ0) is 36.2. The molecule has 0 spiro atoms. The topological polar surface area (TPSA) is 136 Å². The lowest BCUT2D eigenvalue weighted by Crippen LogP contribution is -2.35. The molecule has 4 heterocycles. The fraction of sp³-hybridized carbons (Fsp3) is 0.421. The zero-order valence-corrected chi connectivity index (χ0v) is 30.8. The van der Waals surface area contributed by atoms with Crippen LogP contribution in [0.4, 0.5) is 0 Å². The van der Waals surface area contributed by atoms with Gasteiger partial charge in [0.25, 0.3) is 0 Å². The van der Waals surface area contributed by atoms with Gasteiger partial charge in [-0.2, -0.15) is 4.98 Å². The predicted molar refractivity (Wildman–Crippen MR) is 200 cm³/mol. The standard InChI is InChI=1S/C38H46Cl2N6O5/c1-4-31(39)28(8-5-6-19-51-35-18-12-25(38(46-35)50-3)21-42-23-27-14-17-34(48)44-27)29-9-7-10-30(36(29)40)32-15-11-24(37(45-32)49-2)20-41-22-26-13-16-33(47)43-26/h5-12,15,18,26-27,31,41-42H,4,13-14,16-17,19-23H2,1-3H3,(H,43,47)(H,44,48)/b6-5-,28-8-/t26-,27-,31?/m0/s1. The van der Waals surface area contributed by atoms with E-state index < -0.39 is 0 Å². The third kappa shape index (κ3) is 10.4. The summed E-state index contributed by atoms with van der Waals surface area (Å²) < 4.78 is 17.0. The molecular formula is C38H46Cl2N6O5. The molecule has 3 aromatic rings. The summed E-state index contributed by atoms with van der Waals surface area (Å²) in [5.74, 6) is 1.64. The Labute approximate surface area is 309 Å². The number of methoxy groups -OCH3 is 2. The Morgan fingerprint density at radius 1 is 0.922 bits per heavy atom. The van der Waals surface area contributed by atoms with Gasteiger partial charge in [-0.05, 0) is 48.6 Å². The van der Waals surface area contributed by atoms with Gasteiger partial charge in [-0.15, -0.1) is 11.6 Å². The van der Waals surface area contributed by atoms with E-state index in [9.17, 15) is 9.59 Å². The number of alkyl halides is 1. The monoisotopic (exact) mass is 736 g/mol. The van der Waals surface area contributed by atoms with E-state index in [2.05, 4.69) is 26.3 Å². The highest BCUT2D eigenvalue weighted by Crippen LogP contribution is 2.37. The van der Waals surface area contributed by atoms with E-state index in [1.165, 1.54) is 0 Å². The van der Waals surface area contributed by atoms with Crippen molar-refractivity contribution >= 4 is 40.6 Å². The first kappa shape index (κ1) is 38.1. The molecule has 272 valence electrons. The van der Waals surface area contributed by atoms with E-state index in [1.807, 2.05) is 67.6 Å². The van der Waals surface area contributed by atoms with Crippen molar-refractivity contribution in [2.45, 2.75) is 69.6 Å². The molecule has 13 heteroatoms. The van der Waals surface area contributed by atoms with Crippen molar-refractivity contribution in [1.82, 2.24) is 31.2 Å². The van der Waals surface area contributed by atoms with E-state index >= 15 is 0 Å². The summed E-state index contributed by atoms with van der Waals surface area (Å²) in [4.78, 5) is 32.2. The minimum absolute atomic E-state index is 0.0992. The number of aromatic nitrogens is 2. The number of carbonyl (C=O) groups excluding carboxylic acids is 2. The van der Waals surface area contributed by atoms with Crippen molar-refractivity contribution in [3.05, 3.63) is 82.4 Å². The second-order valence-corrected chi connectivity index (χ2v) is 13.4. The number of halogens is 2. The van der Waals surface area contributed by atoms with Gasteiger partial charge >= 0.3 is 0 Å². The Kier molecular flexibility index (Phi) is 14.1. The van der Waals surface area contributed by atoms with E-state index in [1.54, 1.807) is 14.2 Å². The Morgan fingerprint density at radius 3 is 2.14 bits per heavy atom. The molecule has 1 unspecified atom stereocenters. The summed E-state index contributed by atoms with van der Waals surface area (Å²) in [6.07, 6.45) is 9.28. The molecule has 2 saturated heterocycles. The molecule has 5 rings (SSSR count). The molecule has 4 N–H and O–H groups in total. The maximum absolute atomic E-state index is 11.5. The summed E-state index contributed by atoms with van der Waals surface area (Å²) in [5.41, 5.74) is 4.95. The van der Waals surface area contributed by atoms with E-state index in [-0.39, 0.29) is 35.9 Å². The molecule has 0 saturated carbocycles. The summed E-state index contributed by atoms with van der Waals surface area (Å²) in [7, 11) is 3.18. The number of ether oxygens (including phenoxy) is 3. The van der Waals surface area contributed by atoms with E-state index in [0.717, 1.165) is 40.7 Å². The van der Waals surface area contributed by atoms with Crippen molar-refractivity contribution < 1.29 is 23.8 Å². The molecule has 11 nitrogen and oxygen atoms in total. The molecule has 2 aromatic heterocycles. The molecular weight excluding hydrogens is 691 g/mol. The second kappa shape index (κ2) is 18.9. The first-order valence-corrected chi connectivity index (χ1v) is 18.1. The minimum atomic E-state index is -0.277. The van der Waals surface area contributed by atoms with Crippen LogP contribution in [0.2, 0.25) is 5.02 Å². The third-order valence-corrected chi connectivity index (χ3v) is 9.79. The lowest BCUT2D eigenvalue weighted by Gasteiger charge is -2.17. The average Bonchev–Trinajstić information content (AvgIpc) is 3.76. The van der Waals surface area contributed by atoms with Gasteiger partial charge < -0.3 is 35.5 Å². The van der Waals surface area contributed by atoms with Gasteiger partial charge in [0.05, 0.1) is 30.3 Å². The van der Waals surface area contributed by atoms with Gasteiger partial charge in [-0.25, -0.2) is 4.98 Å². The van der Waals surface area contributed by atoms with E-state index in [4.69, 9.17) is 42.4 Å². The molecule has 1 aromatic carbocycles. The molecule has 0 radical (unpaired) electrons. The normalized spacial score (nSPS) is 18.2. The summed E-state index contributed by atoms with van der Waals surface area (Å²) in [6.45, 7) is 4.80. The van der Waals surface area contributed by atoms with Crippen LogP contribution in [0.3, 0.4) is 0 Å². The summed E-state index contributed by atoms with van der Waals surface area (Å²) in [6, 6.07) is 13.8. The number of nitrogens with one attached hydrogen (secondary N) is 4. The fourth-order valence-corrected chi connectivity index (χ4v) is 6.62. The molecule has 2 amide bonds. The predicted octanol–water partition coefficient (Wildman–Crippen LogP) is 5.59. The van der Waals surface area contributed by atoms with Crippen LogP contribution < -0.4 is 35.5 Å². The highest BCUT2D eigenvalue weighted by Gasteiger charge is 2.22. The van der Waals surface area contributed by atoms with Crippen molar-refractivity contribution in [2.75, 3.05) is 33.9 Å². The number of hydrogen-bond donors (Lipinski definition) is 4. The Morgan fingerprint density at radius 2 is 1.55 bits per heavy atom. The molecule has 0 aliphatic carbocycles. The maximum atomic E-state index is 11.5. The third-order valence-electron chi connectivity index (χ3n) is 8.84. The largest absolute Gasteiger partial charge is 0.481 e. The second-order valence-electron chi connectivity index (χ2n) is 12.5. The molecule has 2 aliphatic rings. The smallest absolute Gasteiger partial charge is 0.220 e. The first-order chi connectivity index (χ1) is 24.8. The number of rotatable bonds is 18. The van der Waals surface area contributed by atoms with Gasteiger partial charge in [0.2, 0.25) is 29.5 Å². The average molecular weight is 738 g/mol. The number of nitrogens with zero attached hydrogens (tertiary/aromatic N) is 2. The molecule has 2 aliphatic heterocycles. The van der Waals surface area contributed by atoms with Gasteiger partial charge in [0, 0.05) is 73.9 Å². The first-order valence-electron chi connectivity index (χ1n) is 17.3. The molecule has 0 bridgehead atoms. The van der Waals surface area contributed by atoms with Crippen LogP contribution in [-0.2, 0) is 22.7 Å². The Balaban J connectivity index is 1.22. The van der Waals surface area contributed by atoms with Crippen molar-refractivity contribution in [3.8, 4) is 28.9 Å². The van der Waals surface area contributed by atoms with Gasteiger partial charge in [0.1, 0.15) is 6.61 Å². The summed E-state index contributed by atoms with van der Waals surface area (Å²) >= 11 is 13.9. The van der Waals surface area contributed by atoms with Crippen LogP contribution in [0.25, 0.3) is 16.8 Å². The van der Waals surface area contributed by atoms with Crippen LogP contribution in [-0.4, -0.2) is 73.2 Å². The van der Waals surface area contributed by atoms with Crippen molar-refractivity contribution in [1.29, 1.82) is 0 Å². The van der Waals surface area contributed by atoms with Crippen LogP contribution >= 0.6 is 23.2 Å². The van der Waals surface area contributed by atoms with Crippen molar-refractivity contribution in [3.63, 3.8) is 0 Å². The lowest BCUT2D eigenvalue weighted by atomic mass is 9.97. The van der Waals surface area contributed by atoms with Gasteiger partial charge in [-0.3, -0.25) is 9.59 Å². The number of amides is 2. The zero-order valence-electron chi connectivity index (χ0n) is 29.3. The molecule has 51 heavy (non-hydrogen) atoms. The van der Waals surface area contributed by atoms with Crippen LogP contribution in [0.1, 0.15) is 55.7 Å². The van der Waals surface area contributed by atoms with Gasteiger partial charge in [0.15, 0.2) is 0 Å². The van der Waals surface area contributed by atoms with E-state index in [0.29, 0.717) is 73.8 Å². The summed E-state index contributed by atoms with van der Waals surface area (Å²) in [5, 5.41) is 13.0. The highest BCUT2D eigenvalue weighted by molar-refractivity contribution is 6.36. The minimum Gasteiger partial charge on any atom is -0.481 e. The number of allylic oxidation sites excluding steroid dienone is 3.